The Morgan fingerprint density at radius 1 is 1.44 bits per heavy atom. The first-order valence-electron chi connectivity index (χ1n) is 5.38. The highest BCUT2D eigenvalue weighted by Crippen LogP contribution is 2.07. The smallest absolute Gasteiger partial charge is 0.408 e. The summed E-state index contributed by atoms with van der Waals surface area (Å²) in [5, 5.41) is 13.0. The molecule has 0 radical (unpaired) electrons. The maximum absolute atomic E-state index is 11.6. The lowest BCUT2D eigenvalue weighted by molar-refractivity contribution is -0.122. The molecule has 0 saturated heterocycles. The van der Waals surface area contributed by atoms with Gasteiger partial charge >= 0.3 is 6.09 Å². The second kappa shape index (κ2) is 7.18. The minimum Gasteiger partial charge on any atom is -0.444 e. The van der Waals surface area contributed by atoms with E-state index in [4.69, 9.17) is 16.4 Å². The van der Waals surface area contributed by atoms with Crippen molar-refractivity contribution in [2.45, 2.75) is 38.8 Å². The van der Waals surface area contributed by atoms with Crippen molar-refractivity contribution in [3.05, 3.63) is 0 Å². The number of amides is 2. The monoisotopic (exact) mass is 251 g/mol. The van der Waals surface area contributed by atoms with Crippen molar-refractivity contribution in [2.24, 2.45) is 0 Å². The van der Waals surface area contributed by atoms with Crippen LogP contribution in [0.1, 0.15) is 27.2 Å². The number of alkyl carbamates (subject to hydrolysis) is 1. The van der Waals surface area contributed by atoms with Gasteiger partial charge in [0.2, 0.25) is 5.91 Å². The third-order valence-corrected chi connectivity index (χ3v) is 1.67. The minimum absolute atomic E-state index is 0.0243. The van der Waals surface area contributed by atoms with E-state index in [9.17, 15) is 9.59 Å². The number of terminal acetylenes is 1. The van der Waals surface area contributed by atoms with Crippen LogP contribution in [0.25, 0.3) is 0 Å². The molecule has 0 aromatic rings. The summed E-state index contributed by atoms with van der Waals surface area (Å²) in [5.74, 6) is 1.77. The molecule has 0 aromatic carbocycles. The molecule has 0 fully saturated rings. The molecule has 1 atom stereocenters. The van der Waals surface area contributed by atoms with Gasteiger partial charge in [-0.3, -0.25) is 4.79 Å². The Labute approximate surface area is 107 Å². The lowest BCUT2D eigenvalue weighted by Gasteiger charge is -2.22. The van der Waals surface area contributed by atoms with Gasteiger partial charge < -0.3 is 15.4 Å². The van der Waals surface area contributed by atoms with Crippen molar-refractivity contribution >= 4 is 12.0 Å². The summed E-state index contributed by atoms with van der Waals surface area (Å²) in [5.41, 5.74) is -0.659. The maximum atomic E-state index is 11.6. The van der Waals surface area contributed by atoms with Gasteiger partial charge in [0.05, 0.1) is 6.07 Å². The first-order valence-corrected chi connectivity index (χ1v) is 5.38. The third-order valence-electron chi connectivity index (χ3n) is 1.67. The number of nitrogens with zero attached hydrogens (tertiary/aromatic N) is 1. The van der Waals surface area contributed by atoms with Gasteiger partial charge in [0, 0.05) is 6.42 Å². The molecule has 0 spiro atoms. The SMILES string of the molecule is C#CC[C@H](NC(=O)OC(C)(C)C)C(=O)NCC#N. The van der Waals surface area contributed by atoms with Crippen LogP contribution in [0.3, 0.4) is 0 Å². The van der Waals surface area contributed by atoms with E-state index in [0.717, 1.165) is 0 Å². The molecule has 18 heavy (non-hydrogen) atoms. The van der Waals surface area contributed by atoms with Gasteiger partial charge in [-0.2, -0.15) is 5.26 Å². The molecule has 6 nitrogen and oxygen atoms in total. The second-order valence-corrected chi connectivity index (χ2v) is 4.48. The highest BCUT2D eigenvalue weighted by Gasteiger charge is 2.23. The molecule has 0 aliphatic rings. The predicted molar refractivity (Wildman–Crippen MR) is 65.2 cm³/mol. The van der Waals surface area contributed by atoms with E-state index in [2.05, 4.69) is 16.6 Å². The third kappa shape index (κ3) is 7.13. The molecule has 0 aliphatic carbocycles. The van der Waals surface area contributed by atoms with E-state index in [-0.39, 0.29) is 13.0 Å². The Kier molecular flexibility index (Phi) is 6.30. The van der Waals surface area contributed by atoms with Crippen LogP contribution in [0.4, 0.5) is 4.79 Å². The minimum atomic E-state index is -0.904. The normalized spacial score (nSPS) is 11.6. The van der Waals surface area contributed by atoms with Gasteiger partial charge in [-0.05, 0) is 20.8 Å². The average Bonchev–Trinajstić information content (AvgIpc) is 2.22. The molecule has 0 aliphatic heterocycles. The van der Waals surface area contributed by atoms with Gasteiger partial charge in [0.1, 0.15) is 18.2 Å². The fourth-order valence-corrected chi connectivity index (χ4v) is 1.03. The summed E-state index contributed by atoms with van der Waals surface area (Å²) in [6.07, 6.45) is 4.41. The van der Waals surface area contributed by atoms with Crippen LogP contribution < -0.4 is 10.6 Å². The lowest BCUT2D eigenvalue weighted by Crippen LogP contribution is -2.48. The summed E-state index contributed by atoms with van der Waals surface area (Å²) in [6.45, 7) is 4.98. The van der Waals surface area contributed by atoms with Gasteiger partial charge in [0.15, 0.2) is 0 Å². The number of rotatable bonds is 4. The van der Waals surface area contributed by atoms with E-state index in [1.807, 2.05) is 0 Å². The van der Waals surface area contributed by atoms with Crippen LogP contribution in [0.2, 0.25) is 0 Å². The zero-order valence-corrected chi connectivity index (χ0v) is 10.7. The van der Waals surface area contributed by atoms with Crippen molar-refractivity contribution in [1.82, 2.24) is 10.6 Å². The van der Waals surface area contributed by atoms with E-state index in [0.29, 0.717) is 0 Å². The fraction of sp³-hybridized carbons (Fsp3) is 0.583. The van der Waals surface area contributed by atoms with Crippen LogP contribution in [-0.2, 0) is 9.53 Å². The molecule has 6 heteroatoms. The number of hydrogen-bond donors (Lipinski definition) is 2. The van der Waals surface area contributed by atoms with E-state index < -0.39 is 23.6 Å². The Hall–Kier alpha value is -2.21. The zero-order valence-electron chi connectivity index (χ0n) is 10.7. The number of hydrogen-bond acceptors (Lipinski definition) is 4. The van der Waals surface area contributed by atoms with Crippen molar-refractivity contribution in [3.8, 4) is 18.4 Å². The topological polar surface area (TPSA) is 91.2 Å². The van der Waals surface area contributed by atoms with Gasteiger partial charge in [-0.1, -0.05) is 0 Å². The molecule has 0 heterocycles. The molecule has 2 N–H and O–H groups in total. The standard InChI is InChI=1S/C12H17N3O3/c1-5-6-9(10(16)14-8-7-13)15-11(17)18-12(2,3)4/h1,9H,6,8H2,2-4H3,(H,14,16)(H,15,17)/t9-/m0/s1. The first kappa shape index (κ1) is 15.8. The lowest BCUT2D eigenvalue weighted by atomic mass is 10.2. The highest BCUT2D eigenvalue weighted by atomic mass is 16.6. The number of ether oxygens (including phenoxy) is 1. The Morgan fingerprint density at radius 3 is 2.50 bits per heavy atom. The second-order valence-electron chi connectivity index (χ2n) is 4.48. The van der Waals surface area contributed by atoms with Gasteiger partial charge in [-0.25, -0.2) is 4.79 Å². The average molecular weight is 251 g/mol. The zero-order chi connectivity index (χ0) is 14.2. The molecule has 0 bridgehead atoms. The van der Waals surface area contributed by atoms with Crippen LogP contribution >= 0.6 is 0 Å². The highest BCUT2D eigenvalue weighted by molar-refractivity contribution is 5.86. The van der Waals surface area contributed by atoms with Crippen molar-refractivity contribution in [1.29, 1.82) is 5.26 Å². The number of carbonyl (C=O) groups excluding carboxylic acids is 2. The van der Waals surface area contributed by atoms with Crippen LogP contribution in [0, 0.1) is 23.7 Å². The van der Waals surface area contributed by atoms with Crippen LogP contribution in [0.15, 0.2) is 0 Å². The van der Waals surface area contributed by atoms with Crippen molar-refractivity contribution in [3.63, 3.8) is 0 Å². The quantitative estimate of drug-likeness (QED) is 0.563. The predicted octanol–water partition coefficient (Wildman–Crippen LogP) is 0.543. The number of nitrogens with one attached hydrogen (secondary N) is 2. The molecule has 2 amide bonds. The van der Waals surface area contributed by atoms with Crippen LogP contribution in [0.5, 0.6) is 0 Å². The molecule has 0 aromatic heterocycles. The summed E-state index contributed by atoms with van der Waals surface area (Å²) >= 11 is 0. The maximum Gasteiger partial charge on any atom is 0.408 e. The molecule has 98 valence electrons. The first-order chi connectivity index (χ1) is 8.30. The van der Waals surface area contributed by atoms with E-state index in [1.54, 1.807) is 26.8 Å². The van der Waals surface area contributed by atoms with Gasteiger partial charge in [-0.15, -0.1) is 12.3 Å². The molecular formula is C12H17N3O3. The Balaban J connectivity index is 4.45. The summed E-state index contributed by atoms with van der Waals surface area (Å²) < 4.78 is 5.01. The van der Waals surface area contributed by atoms with E-state index in [1.165, 1.54) is 0 Å². The van der Waals surface area contributed by atoms with Crippen LogP contribution in [-0.4, -0.2) is 30.2 Å². The largest absolute Gasteiger partial charge is 0.444 e. The summed E-state index contributed by atoms with van der Waals surface area (Å²) in [4.78, 5) is 23.0. The molecular weight excluding hydrogens is 234 g/mol. The van der Waals surface area contributed by atoms with Crippen molar-refractivity contribution < 1.29 is 14.3 Å². The summed E-state index contributed by atoms with van der Waals surface area (Å²) in [7, 11) is 0. The fourth-order valence-electron chi connectivity index (χ4n) is 1.03. The number of carbonyl (C=O) groups is 2. The van der Waals surface area contributed by atoms with Crippen molar-refractivity contribution in [2.75, 3.05) is 6.54 Å². The molecule has 0 rings (SSSR count). The van der Waals surface area contributed by atoms with Gasteiger partial charge in [0.25, 0.3) is 0 Å². The molecule has 0 saturated carbocycles. The number of nitriles is 1. The Morgan fingerprint density at radius 2 is 2.06 bits per heavy atom. The van der Waals surface area contributed by atoms with E-state index >= 15 is 0 Å². The molecule has 0 unspecified atom stereocenters. The Bertz CT molecular complexity index is 385. The summed E-state index contributed by atoms with van der Waals surface area (Å²) in [6, 6.07) is 0.855.